The topological polar surface area (TPSA) is 165 Å². The molecule has 0 radical (unpaired) electrons. The van der Waals surface area contributed by atoms with Gasteiger partial charge in [0, 0.05) is 25.2 Å². The first kappa shape index (κ1) is 28.3. The number of nitrogens with one attached hydrogen (secondary N) is 1. The van der Waals surface area contributed by atoms with Crippen molar-refractivity contribution in [1.29, 1.82) is 0 Å². The molecule has 1 saturated heterocycles. The van der Waals surface area contributed by atoms with Gasteiger partial charge in [-0.2, -0.15) is 4.31 Å². The van der Waals surface area contributed by atoms with Crippen LogP contribution in [0.25, 0.3) is 0 Å². The van der Waals surface area contributed by atoms with Crippen LogP contribution in [0.3, 0.4) is 0 Å². The molecule has 2 aromatic rings. The SMILES string of the molecule is CC(C(=O)NCCOc1ccc(S(=O)(=O)N2CCOCC2)cc1)N(c1cccc([N+](=O)[O-])c1)S(C)(=O)=O. The van der Waals surface area contributed by atoms with Gasteiger partial charge < -0.3 is 14.8 Å². The average Bonchev–Trinajstić information content (AvgIpc) is 2.86. The van der Waals surface area contributed by atoms with E-state index in [2.05, 4.69) is 5.32 Å². The average molecular weight is 557 g/mol. The van der Waals surface area contributed by atoms with Gasteiger partial charge in [0.05, 0.1) is 41.5 Å². The maximum atomic E-state index is 12.7. The van der Waals surface area contributed by atoms with E-state index in [9.17, 15) is 31.7 Å². The maximum Gasteiger partial charge on any atom is 0.271 e. The molecule has 1 fully saturated rings. The van der Waals surface area contributed by atoms with Gasteiger partial charge in [0.25, 0.3) is 5.69 Å². The Kier molecular flexibility index (Phi) is 9.07. The fourth-order valence-electron chi connectivity index (χ4n) is 3.69. The molecule has 1 heterocycles. The number of carbonyl (C=O) groups excluding carboxylic acids is 1. The number of nitro groups is 1. The molecule has 13 nitrogen and oxygen atoms in total. The van der Waals surface area contributed by atoms with Crippen molar-refractivity contribution in [3.63, 3.8) is 0 Å². The van der Waals surface area contributed by atoms with E-state index in [1.54, 1.807) is 0 Å². The monoisotopic (exact) mass is 556 g/mol. The number of ether oxygens (including phenoxy) is 2. The van der Waals surface area contributed by atoms with Gasteiger partial charge in [-0.1, -0.05) is 6.07 Å². The summed E-state index contributed by atoms with van der Waals surface area (Å²) in [6, 6.07) is 9.69. The number of rotatable bonds is 11. The molecule has 1 N–H and O–H groups in total. The van der Waals surface area contributed by atoms with Crippen molar-refractivity contribution in [3.8, 4) is 5.75 Å². The Morgan fingerprint density at radius 2 is 1.81 bits per heavy atom. The first-order chi connectivity index (χ1) is 17.4. The van der Waals surface area contributed by atoms with Crippen molar-refractivity contribution < 1.29 is 36.0 Å². The number of carbonyl (C=O) groups is 1. The summed E-state index contributed by atoms with van der Waals surface area (Å²) in [5, 5.41) is 13.6. The molecule has 0 aromatic heterocycles. The Balaban J connectivity index is 1.56. The number of non-ortho nitro benzene ring substituents is 1. The molecule has 1 aliphatic heterocycles. The van der Waals surface area contributed by atoms with Gasteiger partial charge in [0.1, 0.15) is 18.4 Å². The van der Waals surface area contributed by atoms with Gasteiger partial charge in [-0.3, -0.25) is 19.2 Å². The van der Waals surface area contributed by atoms with Crippen LogP contribution in [-0.4, -0.2) is 83.7 Å². The Morgan fingerprint density at radius 1 is 1.16 bits per heavy atom. The number of sulfonamides is 2. The van der Waals surface area contributed by atoms with Crippen LogP contribution in [0, 0.1) is 10.1 Å². The molecule has 202 valence electrons. The number of anilines is 1. The molecule has 1 amide bonds. The number of morpholine rings is 1. The molecular formula is C22H28N4O9S2. The molecule has 1 aliphatic rings. The molecule has 15 heteroatoms. The largest absolute Gasteiger partial charge is 0.492 e. The van der Waals surface area contributed by atoms with Crippen molar-refractivity contribution in [2.75, 3.05) is 50.0 Å². The second-order valence-corrected chi connectivity index (χ2v) is 11.9. The molecule has 0 bridgehead atoms. The van der Waals surface area contributed by atoms with E-state index >= 15 is 0 Å². The summed E-state index contributed by atoms with van der Waals surface area (Å²) >= 11 is 0. The molecular weight excluding hydrogens is 528 g/mol. The van der Waals surface area contributed by atoms with Crippen molar-refractivity contribution in [1.82, 2.24) is 9.62 Å². The summed E-state index contributed by atoms with van der Waals surface area (Å²) in [6.07, 6.45) is 0.904. The third-order valence-corrected chi connectivity index (χ3v) is 8.64. The normalized spacial score (nSPS) is 15.5. The summed E-state index contributed by atoms with van der Waals surface area (Å²) in [7, 11) is -7.57. The summed E-state index contributed by atoms with van der Waals surface area (Å²) < 4.78 is 63.0. The minimum Gasteiger partial charge on any atom is -0.492 e. The molecule has 3 rings (SSSR count). The van der Waals surface area contributed by atoms with Crippen LogP contribution in [0.1, 0.15) is 6.92 Å². The lowest BCUT2D eigenvalue weighted by atomic mass is 10.2. The van der Waals surface area contributed by atoms with Gasteiger partial charge in [0.15, 0.2) is 0 Å². The first-order valence-electron chi connectivity index (χ1n) is 11.2. The highest BCUT2D eigenvalue weighted by molar-refractivity contribution is 7.92. The van der Waals surface area contributed by atoms with Crippen LogP contribution in [0.15, 0.2) is 53.4 Å². The van der Waals surface area contributed by atoms with E-state index in [0.717, 1.165) is 16.6 Å². The van der Waals surface area contributed by atoms with Crippen LogP contribution in [0.5, 0.6) is 5.75 Å². The summed E-state index contributed by atoms with van der Waals surface area (Å²) in [5.41, 5.74) is -0.321. The van der Waals surface area contributed by atoms with E-state index in [1.165, 1.54) is 53.7 Å². The van der Waals surface area contributed by atoms with Crippen LogP contribution in [-0.2, 0) is 29.6 Å². The zero-order chi connectivity index (χ0) is 27.2. The molecule has 37 heavy (non-hydrogen) atoms. The van der Waals surface area contributed by atoms with Crippen molar-refractivity contribution in [3.05, 3.63) is 58.6 Å². The molecule has 1 atom stereocenters. The molecule has 1 unspecified atom stereocenters. The minimum atomic E-state index is -3.94. The number of nitro benzene ring substituents is 1. The van der Waals surface area contributed by atoms with Gasteiger partial charge in [-0.25, -0.2) is 16.8 Å². The number of hydrogen-bond donors (Lipinski definition) is 1. The smallest absolute Gasteiger partial charge is 0.271 e. The van der Waals surface area contributed by atoms with E-state index in [0.29, 0.717) is 19.0 Å². The van der Waals surface area contributed by atoms with Gasteiger partial charge in [-0.05, 0) is 37.3 Å². The van der Waals surface area contributed by atoms with Gasteiger partial charge in [-0.15, -0.1) is 0 Å². The van der Waals surface area contributed by atoms with E-state index in [4.69, 9.17) is 9.47 Å². The van der Waals surface area contributed by atoms with Crippen LogP contribution in [0.2, 0.25) is 0 Å². The Labute approximate surface area is 215 Å². The quantitative estimate of drug-likeness (QED) is 0.241. The number of nitrogens with zero attached hydrogens (tertiary/aromatic N) is 3. The highest BCUT2D eigenvalue weighted by Gasteiger charge is 2.30. The van der Waals surface area contributed by atoms with Crippen molar-refractivity contribution in [2.24, 2.45) is 0 Å². The molecule has 0 spiro atoms. The zero-order valence-electron chi connectivity index (χ0n) is 20.3. The number of hydrogen-bond acceptors (Lipinski definition) is 9. The third kappa shape index (κ3) is 7.15. The van der Waals surface area contributed by atoms with Crippen LogP contribution in [0.4, 0.5) is 11.4 Å². The van der Waals surface area contributed by atoms with E-state index in [1.807, 2.05) is 0 Å². The number of benzene rings is 2. The fourth-order valence-corrected chi connectivity index (χ4v) is 6.26. The molecule has 0 aliphatic carbocycles. The molecule has 0 saturated carbocycles. The van der Waals surface area contributed by atoms with Crippen molar-refractivity contribution in [2.45, 2.75) is 17.9 Å². The predicted molar refractivity (Wildman–Crippen MR) is 134 cm³/mol. The van der Waals surface area contributed by atoms with Crippen LogP contribution >= 0.6 is 0 Å². The lowest BCUT2D eigenvalue weighted by Gasteiger charge is -2.28. The van der Waals surface area contributed by atoms with E-state index in [-0.39, 0.29) is 42.5 Å². The number of amides is 1. The summed E-state index contributed by atoms with van der Waals surface area (Å²) in [4.78, 5) is 23.2. The second kappa shape index (κ2) is 11.9. The Morgan fingerprint density at radius 3 is 2.41 bits per heavy atom. The fraction of sp³-hybridized carbons (Fsp3) is 0.409. The van der Waals surface area contributed by atoms with Gasteiger partial charge >= 0.3 is 0 Å². The zero-order valence-corrected chi connectivity index (χ0v) is 21.9. The third-order valence-electron chi connectivity index (χ3n) is 5.49. The standard InChI is InChI=1S/C22H28N4O9S2/c1-17(25(36(2,30)31)18-4-3-5-19(16-18)26(28)29)22(27)23-10-13-35-20-6-8-21(9-7-20)37(32,33)24-11-14-34-15-12-24/h3-9,16-17H,10-15H2,1-2H3,(H,23,27). The lowest BCUT2D eigenvalue weighted by molar-refractivity contribution is -0.384. The first-order valence-corrected chi connectivity index (χ1v) is 14.5. The van der Waals surface area contributed by atoms with Crippen molar-refractivity contribution >= 4 is 37.3 Å². The van der Waals surface area contributed by atoms with Crippen LogP contribution < -0.4 is 14.4 Å². The highest BCUT2D eigenvalue weighted by Crippen LogP contribution is 2.25. The summed E-state index contributed by atoms with van der Waals surface area (Å²) in [6.45, 7) is 2.69. The lowest BCUT2D eigenvalue weighted by Crippen LogP contribution is -2.48. The second-order valence-electron chi connectivity index (χ2n) is 8.14. The van der Waals surface area contributed by atoms with Gasteiger partial charge in [0.2, 0.25) is 26.0 Å². The summed E-state index contributed by atoms with van der Waals surface area (Å²) in [5.74, 6) is -0.245. The maximum absolute atomic E-state index is 12.7. The Hall–Kier alpha value is -3.27. The Bertz CT molecular complexity index is 1330. The predicted octanol–water partition coefficient (Wildman–Crippen LogP) is 0.965. The minimum absolute atomic E-state index is 0.0114. The molecule has 2 aromatic carbocycles. The highest BCUT2D eigenvalue weighted by atomic mass is 32.2. The van der Waals surface area contributed by atoms with E-state index < -0.39 is 36.9 Å².